The number of hydrogen-bond acceptors (Lipinski definition) is 1. The molecule has 0 aromatic heterocycles. The highest BCUT2D eigenvalue weighted by Crippen LogP contribution is 2.42. The van der Waals surface area contributed by atoms with Crippen LogP contribution in [0, 0.1) is 11.8 Å². The van der Waals surface area contributed by atoms with Crippen molar-refractivity contribution >= 4 is 6.08 Å². The predicted molar refractivity (Wildman–Crippen MR) is 82.0 cm³/mol. The summed E-state index contributed by atoms with van der Waals surface area (Å²) in [4.78, 5) is 2.69. The van der Waals surface area contributed by atoms with Gasteiger partial charge in [-0.1, -0.05) is 48.9 Å². The Morgan fingerprint density at radius 1 is 1.00 bits per heavy atom. The molecule has 1 aliphatic carbocycles. The first-order valence-electron chi connectivity index (χ1n) is 7.86. The quantitative estimate of drug-likeness (QED) is 0.761. The Morgan fingerprint density at radius 3 is 2.58 bits per heavy atom. The van der Waals surface area contributed by atoms with Crippen LogP contribution >= 0.6 is 0 Å². The highest BCUT2D eigenvalue weighted by molar-refractivity contribution is 5.48. The molecular formula is C18H25N. The zero-order chi connectivity index (χ0) is 12.9. The summed E-state index contributed by atoms with van der Waals surface area (Å²) in [5.41, 5.74) is 1.33. The van der Waals surface area contributed by atoms with E-state index in [-0.39, 0.29) is 0 Å². The minimum Gasteiger partial charge on any atom is -0.303 e. The zero-order valence-electron chi connectivity index (χ0n) is 11.8. The van der Waals surface area contributed by atoms with E-state index in [4.69, 9.17) is 0 Å². The molecule has 1 heteroatoms. The van der Waals surface area contributed by atoms with Crippen LogP contribution < -0.4 is 0 Å². The molecule has 1 nitrogen and oxygen atoms in total. The normalized spacial score (nSPS) is 27.8. The van der Waals surface area contributed by atoms with Crippen LogP contribution in [0.4, 0.5) is 0 Å². The maximum Gasteiger partial charge on any atom is 0.00125 e. The molecule has 2 unspecified atom stereocenters. The maximum absolute atomic E-state index is 2.69. The minimum atomic E-state index is 0.960. The molecule has 2 atom stereocenters. The van der Waals surface area contributed by atoms with Crippen molar-refractivity contribution in [2.45, 2.75) is 32.1 Å². The first-order valence-corrected chi connectivity index (χ1v) is 7.86. The monoisotopic (exact) mass is 255 g/mol. The van der Waals surface area contributed by atoms with Crippen molar-refractivity contribution in [2.24, 2.45) is 11.8 Å². The third-order valence-electron chi connectivity index (χ3n) is 4.56. The molecule has 0 radical (unpaired) electrons. The van der Waals surface area contributed by atoms with Crippen LogP contribution in [0.1, 0.15) is 37.7 Å². The molecule has 0 spiro atoms. The van der Waals surface area contributed by atoms with E-state index in [1.165, 1.54) is 57.3 Å². The fourth-order valence-electron chi connectivity index (χ4n) is 3.24. The van der Waals surface area contributed by atoms with Gasteiger partial charge in [-0.05, 0) is 56.2 Å². The third kappa shape index (κ3) is 3.94. The third-order valence-corrected chi connectivity index (χ3v) is 4.56. The largest absolute Gasteiger partial charge is 0.303 e. The van der Waals surface area contributed by atoms with Gasteiger partial charge in [0.1, 0.15) is 0 Å². The van der Waals surface area contributed by atoms with E-state index in [0.29, 0.717) is 0 Å². The number of benzene rings is 1. The lowest BCUT2D eigenvalue weighted by Gasteiger charge is -2.26. The van der Waals surface area contributed by atoms with Crippen molar-refractivity contribution in [2.75, 3.05) is 19.6 Å². The van der Waals surface area contributed by atoms with Crippen LogP contribution in [0.5, 0.6) is 0 Å². The maximum atomic E-state index is 2.69. The Morgan fingerprint density at radius 2 is 1.79 bits per heavy atom. The molecule has 0 N–H and O–H groups in total. The standard InChI is InChI=1S/C18H25N/c1-3-8-16(9-4-1)10-7-11-17-14-18(17)15-19-12-5-2-6-13-19/h1,3-4,7-10,17-18H,2,5-6,11-15H2/b10-7+. The molecule has 1 aromatic rings. The fourth-order valence-corrected chi connectivity index (χ4v) is 3.24. The van der Waals surface area contributed by atoms with Crippen molar-refractivity contribution in [3.05, 3.63) is 42.0 Å². The van der Waals surface area contributed by atoms with Crippen molar-refractivity contribution in [3.8, 4) is 0 Å². The summed E-state index contributed by atoms with van der Waals surface area (Å²) in [7, 11) is 0. The summed E-state index contributed by atoms with van der Waals surface area (Å²) in [6.07, 6.45) is 11.7. The average molecular weight is 255 g/mol. The second-order valence-electron chi connectivity index (χ2n) is 6.17. The number of hydrogen-bond donors (Lipinski definition) is 0. The molecule has 3 rings (SSSR count). The Bertz CT molecular complexity index is 403. The SMILES string of the molecule is C(=C\c1ccccc1)/CC1CC1CN1CCCCC1. The van der Waals surface area contributed by atoms with Crippen LogP contribution in [0.2, 0.25) is 0 Å². The smallest absolute Gasteiger partial charge is 0.00125 e. The second-order valence-corrected chi connectivity index (χ2v) is 6.17. The van der Waals surface area contributed by atoms with Gasteiger partial charge in [0.15, 0.2) is 0 Å². The van der Waals surface area contributed by atoms with Gasteiger partial charge in [-0.2, -0.15) is 0 Å². The zero-order valence-corrected chi connectivity index (χ0v) is 11.8. The molecule has 2 aliphatic rings. The van der Waals surface area contributed by atoms with Crippen molar-refractivity contribution in [1.82, 2.24) is 4.90 Å². The summed E-state index contributed by atoms with van der Waals surface area (Å²) < 4.78 is 0. The summed E-state index contributed by atoms with van der Waals surface area (Å²) >= 11 is 0. The minimum absolute atomic E-state index is 0.960. The molecule has 0 bridgehead atoms. The van der Waals surface area contributed by atoms with E-state index in [2.05, 4.69) is 47.4 Å². The van der Waals surface area contributed by atoms with Gasteiger partial charge >= 0.3 is 0 Å². The van der Waals surface area contributed by atoms with Gasteiger partial charge in [-0.25, -0.2) is 0 Å². The first-order chi connectivity index (χ1) is 9.42. The van der Waals surface area contributed by atoms with Gasteiger partial charge in [0.25, 0.3) is 0 Å². The van der Waals surface area contributed by atoms with E-state index >= 15 is 0 Å². The summed E-state index contributed by atoms with van der Waals surface area (Å²) in [5, 5.41) is 0. The number of nitrogens with zero attached hydrogens (tertiary/aromatic N) is 1. The van der Waals surface area contributed by atoms with Crippen LogP contribution in [-0.2, 0) is 0 Å². The Kier molecular flexibility index (Phi) is 4.34. The summed E-state index contributed by atoms with van der Waals surface area (Å²) in [6, 6.07) is 10.6. The molecule has 1 aromatic carbocycles. The highest BCUT2D eigenvalue weighted by Gasteiger charge is 2.36. The van der Waals surface area contributed by atoms with E-state index in [9.17, 15) is 0 Å². The lowest BCUT2D eigenvalue weighted by molar-refractivity contribution is 0.217. The van der Waals surface area contributed by atoms with Gasteiger partial charge in [0.2, 0.25) is 0 Å². The topological polar surface area (TPSA) is 3.24 Å². The number of allylic oxidation sites excluding steroid dienone is 1. The van der Waals surface area contributed by atoms with Gasteiger partial charge in [-0.15, -0.1) is 0 Å². The van der Waals surface area contributed by atoms with E-state index in [0.717, 1.165) is 11.8 Å². The van der Waals surface area contributed by atoms with Gasteiger partial charge < -0.3 is 4.90 Å². The van der Waals surface area contributed by atoms with Gasteiger partial charge in [0.05, 0.1) is 0 Å². The Hall–Kier alpha value is -1.08. The molecular weight excluding hydrogens is 230 g/mol. The van der Waals surface area contributed by atoms with Crippen LogP contribution in [0.25, 0.3) is 6.08 Å². The van der Waals surface area contributed by atoms with Crippen LogP contribution in [0.15, 0.2) is 36.4 Å². The summed E-state index contributed by atoms with van der Waals surface area (Å²) in [6.45, 7) is 4.07. The molecule has 1 saturated heterocycles. The number of likely N-dealkylation sites (tertiary alicyclic amines) is 1. The molecule has 2 fully saturated rings. The molecule has 19 heavy (non-hydrogen) atoms. The fraction of sp³-hybridized carbons (Fsp3) is 0.556. The lowest BCUT2D eigenvalue weighted by Crippen LogP contribution is -2.31. The predicted octanol–water partition coefficient (Wildman–Crippen LogP) is 4.21. The molecule has 1 saturated carbocycles. The number of rotatable bonds is 5. The van der Waals surface area contributed by atoms with Crippen molar-refractivity contribution in [1.29, 1.82) is 0 Å². The average Bonchev–Trinajstić information content (AvgIpc) is 3.19. The first kappa shape index (κ1) is 12.9. The van der Waals surface area contributed by atoms with Crippen LogP contribution in [0.3, 0.4) is 0 Å². The van der Waals surface area contributed by atoms with Gasteiger partial charge in [0, 0.05) is 6.54 Å². The van der Waals surface area contributed by atoms with E-state index < -0.39 is 0 Å². The second kappa shape index (κ2) is 6.38. The summed E-state index contributed by atoms with van der Waals surface area (Å²) in [5.74, 6) is 1.94. The molecule has 1 aliphatic heterocycles. The Balaban J connectivity index is 1.37. The highest BCUT2D eigenvalue weighted by atomic mass is 15.1. The van der Waals surface area contributed by atoms with E-state index in [1.807, 2.05) is 0 Å². The van der Waals surface area contributed by atoms with Gasteiger partial charge in [-0.3, -0.25) is 0 Å². The van der Waals surface area contributed by atoms with E-state index in [1.54, 1.807) is 0 Å². The molecule has 102 valence electrons. The van der Waals surface area contributed by atoms with Crippen molar-refractivity contribution in [3.63, 3.8) is 0 Å². The van der Waals surface area contributed by atoms with Crippen molar-refractivity contribution < 1.29 is 0 Å². The molecule has 0 amide bonds. The lowest BCUT2D eigenvalue weighted by atomic mass is 10.1. The number of piperidine rings is 1. The Labute approximate surface area is 117 Å². The molecule has 1 heterocycles. The van der Waals surface area contributed by atoms with Crippen LogP contribution in [-0.4, -0.2) is 24.5 Å².